The molecule has 0 aromatic heterocycles. The Hall–Kier alpha value is -0.530. The molecule has 0 saturated carbocycles. The molecule has 0 aliphatic rings. The Morgan fingerprint density at radius 1 is 0.905 bits per heavy atom. The minimum Gasteiger partial charge on any atom is -0.294 e. The van der Waals surface area contributed by atoms with Crippen molar-refractivity contribution in [3.63, 3.8) is 0 Å². The fourth-order valence-corrected chi connectivity index (χ4v) is 2.84. The van der Waals surface area contributed by atoms with Gasteiger partial charge in [0.05, 0.1) is 5.02 Å². The van der Waals surface area contributed by atoms with Crippen LogP contribution in [0.5, 0.6) is 0 Å². The Bertz CT molecular complexity index is 429. The minimum absolute atomic E-state index is 0.102. The minimum atomic E-state index is 0.102. The van der Waals surface area contributed by atoms with Gasteiger partial charge in [0.1, 0.15) is 0 Å². The third kappa shape index (κ3) is 7.87. The molecular formula is C18H26Cl2O. The lowest BCUT2D eigenvalue weighted by Crippen LogP contribution is -2.00. The van der Waals surface area contributed by atoms with E-state index in [2.05, 4.69) is 6.92 Å². The monoisotopic (exact) mass is 328 g/mol. The van der Waals surface area contributed by atoms with Crippen LogP contribution in [0, 0.1) is 0 Å². The molecule has 1 rings (SSSR count). The summed E-state index contributed by atoms with van der Waals surface area (Å²) in [5.41, 5.74) is 0.559. The summed E-state index contributed by atoms with van der Waals surface area (Å²) >= 11 is 11.9. The van der Waals surface area contributed by atoms with E-state index in [1.54, 1.807) is 18.2 Å². The quantitative estimate of drug-likeness (QED) is 0.313. The molecular weight excluding hydrogens is 303 g/mol. The molecule has 0 radical (unpaired) electrons. The molecule has 0 aliphatic heterocycles. The SMILES string of the molecule is CCCCCCCCCCCC(=O)c1cc(Cl)ccc1Cl. The van der Waals surface area contributed by atoms with Crippen molar-refractivity contribution in [2.24, 2.45) is 0 Å². The van der Waals surface area contributed by atoms with Gasteiger partial charge in [-0.25, -0.2) is 0 Å². The number of unbranched alkanes of at least 4 members (excludes halogenated alkanes) is 8. The smallest absolute Gasteiger partial charge is 0.164 e. The third-order valence-corrected chi connectivity index (χ3v) is 4.30. The predicted molar refractivity (Wildman–Crippen MR) is 92.6 cm³/mol. The summed E-state index contributed by atoms with van der Waals surface area (Å²) in [6.07, 6.45) is 11.8. The average molecular weight is 329 g/mol. The molecule has 0 atom stereocenters. The Kier molecular flexibility index (Phi) is 9.78. The van der Waals surface area contributed by atoms with Gasteiger partial charge in [-0.1, -0.05) is 81.5 Å². The van der Waals surface area contributed by atoms with Crippen LogP contribution in [0.4, 0.5) is 0 Å². The van der Waals surface area contributed by atoms with Gasteiger partial charge in [-0.3, -0.25) is 4.79 Å². The second-order valence-corrected chi connectivity index (χ2v) is 6.47. The largest absolute Gasteiger partial charge is 0.294 e. The van der Waals surface area contributed by atoms with Gasteiger partial charge in [0.2, 0.25) is 0 Å². The highest BCUT2D eigenvalue weighted by atomic mass is 35.5. The normalized spacial score (nSPS) is 10.8. The zero-order chi connectivity index (χ0) is 15.5. The molecule has 0 heterocycles. The Balaban J connectivity index is 2.12. The van der Waals surface area contributed by atoms with Gasteiger partial charge in [-0.05, 0) is 24.6 Å². The molecule has 1 nitrogen and oxygen atoms in total. The molecule has 1 aromatic rings. The van der Waals surface area contributed by atoms with E-state index < -0.39 is 0 Å². The zero-order valence-corrected chi connectivity index (χ0v) is 14.5. The van der Waals surface area contributed by atoms with Crippen molar-refractivity contribution in [1.82, 2.24) is 0 Å². The van der Waals surface area contributed by atoms with E-state index in [0.29, 0.717) is 22.0 Å². The van der Waals surface area contributed by atoms with Crippen LogP contribution in [0.3, 0.4) is 0 Å². The van der Waals surface area contributed by atoms with E-state index in [0.717, 1.165) is 12.8 Å². The highest BCUT2D eigenvalue weighted by Crippen LogP contribution is 2.23. The van der Waals surface area contributed by atoms with Crippen LogP contribution in [-0.2, 0) is 0 Å². The number of Topliss-reactive ketones (excluding diaryl/α,β-unsaturated/α-hetero) is 1. The second kappa shape index (κ2) is 11.1. The lowest BCUT2D eigenvalue weighted by molar-refractivity contribution is 0.0979. The molecule has 0 aliphatic carbocycles. The molecule has 0 N–H and O–H groups in total. The van der Waals surface area contributed by atoms with Crippen LogP contribution < -0.4 is 0 Å². The van der Waals surface area contributed by atoms with Gasteiger partial charge < -0.3 is 0 Å². The van der Waals surface area contributed by atoms with E-state index >= 15 is 0 Å². The van der Waals surface area contributed by atoms with Crippen molar-refractivity contribution in [2.75, 3.05) is 0 Å². The summed E-state index contributed by atoms with van der Waals surface area (Å²) in [5, 5.41) is 1.06. The van der Waals surface area contributed by atoms with E-state index in [-0.39, 0.29) is 5.78 Å². The number of hydrogen-bond acceptors (Lipinski definition) is 1. The first-order chi connectivity index (χ1) is 10.1. The average Bonchev–Trinajstić information content (AvgIpc) is 2.48. The highest BCUT2D eigenvalue weighted by molar-refractivity contribution is 6.35. The van der Waals surface area contributed by atoms with Crippen molar-refractivity contribution in [2.45, 2.75) is 71.1 Å². The van der Waals surface area contributed by atoms with Crippen LogP contribution in [0.1, 0.15) is 81.5 Å². The highest BCUT2D eigenvalue weighted by Gasteiger charge is 2.10. The first-order valence-electron chi connectivity index (χ1n) is 8.13. The van der Waals surface area contributed by atoms with E-state index in [9.17, 15) is 4.79 Å². The summed E-state index contributed by atoms with van der Waals surface area (Å²) in [4.78, 5) is 12.1. The van der Waals surface area contributed by atoms with Crippen LogP contribution in [0.25, 0.3) is 0 Å². The standard InChI is InChI=1S/C18H26Cl2O/c1-2-3-4-5-6-7-8-9-10-11-18(21)16-14-15(19)12-13-17(16)20/h12-14H,2-11H2,1H3. The maximum Gasteiger partial charge on any atom is 0.164 e. The van der Waals surface area contributed by atoms with Gasteiger partial charge in [-0.2, -0.15) is 0 Å². The lowest BCUT2D eigenvalue weighted by atomic mass is 10.0. The van der Waals surface area contributed by atoms with Crippen molar-refractivity contribution in [3.05, 3.63) is 33.8 Å². The number of rotatable bonds is 11. The molecule has 1 aromatic carbocycles. The topological polar surface area (TPSA) is 17.1 Å². The van der Waals surface area contributed by atoms with Crippen LogP contribution >= 0.6 is 23.2 Å². The lowest BCUT2D eigenvalue weighted by Gasteiger charge is -2.05. The molecule has 0 amide bonds. The van der Waals surface area contributed by atoms with Gasteiger partial charge in [0.25, 0.3) is 0 Å². The number of carbonyl (C=O) groups excluding carboxylic acids is 1. The fraction of sp³-hybridized carbons (Fsp3) is 0.611. The maximum absolute atomic E-state index is 12.1. The molecule has 0 spiro atoms. The molecule has 118 valence electrons. The number of hydrogen-bond donors (Lipinski definition) is 0. The summed E-state index contributed by atoms with van der Waals surface area (Å²) < 4.78 is 0. The molecule has 0 unspecified atom stereocenters. The zero-order valence-electron chi connectivity index (χ0n) is 13.0. The van der Waals surface area contributed by atoms with E-state index in [1.165, 1.54) is 44.9 Å². The van der Waals surface area contributed by atoms with Crippen molar-refractivity contribution < 1.29 is 4.79 Å². The summed E-state index contributed by atoms with van der Waals surface area (Å²) in [6, 6.07) is 5.06. The Labute approximate surface area is 139 Å². The molecule has 0 saturated heterocycles. The number of benzene rings is 1. The molecule has 0 fully saturated rings. The molecule has 3 heteroatoms. The molecule has 21 heavy (non-hydrogen) atoms. The van der Waals surface area contributed by atoms with Crippen molar-refractivity contribution in [3.8, 4) is 0 Å². The number of halogens is 2. The van der Waals surface area contributed by atoms with Crippen LogP contribution in [0.2, 0.25) is 10.0 Å². The van der Waals surface area contributed by atoms with Crippen molar-refractivity contribution >= 4 is 29.0 Å². The van der Waals surface area contributed by atoms with Gasteiger partial charge >= 0.3 is 0 Å². The Morgan fingerprint density at radius 2 is 1.48 bits per heavy atom. The maximum atomic E-state index is 12.1. The fourth-order valence-electron chi connectivity index (χ4n) is 2.44. The van der Waals surface area contributed by atoms with Gasteiger partial charge in [0.15, 0.2) is 5.78 Å². The van der Waals surface area contributed by atoms with E-state index in [4.69, 9.17) is 23.2 Å². The van der Waals surface area contributed by atoms with Crippen molar-refractivity contribution in [1.29, 1.82) is 0 Å². The number of ketones is 1. The van der Waals surface area contributed by atoms with Gasteiger partial charge in [-0.15, -0.1) is 0 Å². The first kappa shape index (κ1) is 18.5. The number of carbonyl (C=O) groups is 1. The third-order valence-electron chi connectivity index (χ3n) is 3.74. The molecule has 0 bridgehead atoms. The van der Waals surface area contributed by atoms with Gasteiger partial charge in [0, 0.05) is 17.0 Å². The first-order valence-corrected chi connectivity index (χ1v) is 8.89. The van der Waals surface area contributed by atoms with Crippen LogP contribution in [-0.4, -0.2) is 5.78 Å². The predicted octanol–water partition coefficient (Wildman–Crippen LogP) is 7.10. The summed E-state index contributed by atoms with van der Waals surface area (Å²) in [7, 11) is 0. The second-order valence-electron chi connectivity index (χ2n) is 5.63. The Morgan fingerprint density at radius 3 is 2.10 bits per heavy atom. The van der Waals surface area contributed by atoms with Crippen LogP contribution in [0.15, 0.2) is 18.2 Å². The van der Waals surface area contributed by atoms with E-state index in [1.807, 2.05) is 0 Å². The summed E-state index contributed by atoms with van der Waals surface area (Å²) in [5.74, 6) is 0.102. The summed E-state index contributed by atoms with van der Waals surface area (Å²) in [6.45, 7) is 2.24.